The van der Waals surface area contributed by atoms with Crippen LogP contribution in [0.4, 0.5) is 0 Å². The highest BCUT2D eigenvalue weighted by atomic mass is 79.9. The highest BCUT2D eigenvalue weighted by molar-refractivity contribution is 9.13. The molecule has 0 bridgehead atoms. The van der Waals surface area contributed by atoms with E-state index in [0.29, 0.717) is 9.76 Å². The maximum absolute atomic E-state index is 5.73. The van der Waals surface area contributed by atoms with Gasteiger partial charge < -0.3 is 0 Å². The minimum atomic E-state index is 0.453. The number of nitrogens with zero attached hydrogens (tertiary/aromatic N) is 6. The molecule has 10 heteroatoms. The van der Waals surface area contributed by atoms with E-state index in [4.69, 9.17) is 11.6 Å². The van der Waals surface area contributed by atoms with Crippen molar-refractivity contribution in [2.45, 2.75) is 51.6 Å². The lowest BCUT2D eigenvalue weighted by molar-refractivity contribution is 0.253. The van der Waals surface area contributed by atoms with Crippen LogP contribution in [0.2, 0.25) is 5.15 Å². The molecule has 0 unspecified atom stereocenters. The van der Waals surface area contributed by atoms with Crippen LogP contribution in [0.15, 0.2) is 13.8 Å². The van der Waals surface area contributed by atoms with Gasteiger partial charge in [0.1, 0.15) is 0 Å². The molecule has 2 aromatic rings. The number of hydrogen-bond donors (Lipinski definition) is 0. The Kier molecular flexibility index (Phi) is 6.73. The standard InChI is InChI=1S/C7H9Br2N3.C7H9BrClN3/c2*8-6-7(9)11-12(10-6)4-5-2-1-3-5/h2*5H,1-4H2. The molecule has 2 aromatic heterocycles. The van der Waals surface area contributed by atoms with Crippen LogP contribution >= 0.6 is 59.4 Å². The van der Waals surface area contributed by atoms with E-state index in [-0.39, 0.29) is 0 Å². The van der Waals surface area contributed by atoms with Crippen molar-refractivity contribution in [2.75, 3.05) is 0 Å². The summed E-state index contributed by atoms with van der Waals surface area (Å²) >= 11 is 15.6. The Morgan fingerprint density at radius 1 is 0.750 bits per heavy atom. The minimum Gasteiger partial charge on any atom is -0.182 e. The van der Waals surface area contributed by atoms with E-state index < -0.39 is 0 Å². The quantitative estimate of drug-likeness (QED) is 0.537. The molecule has 4 rings (SSSR count). The van der Waals surface area contributed by atoms with Crippen LogP contribution in [0.5, 0.6) is 0 Å². The van der Waals surface area contributed by atoms with E-state index in [1.807, 2.05) is 0 Å². The molecule has 2 aliphatic carbocycles. The summed E-state index contributed by atoms with van der Waals surface area (Å²) in [5.74, 6) is 1.57. The zero-order valence-electron chi connectivity index (χ0n) is 13.0. The van der Waals surface area contributed by atoms with E-state index in [2.05, 4.69) is 68.2 Å². The molecule has 0 N–H and O–H groups in total. The third-order valence-electron chi connectivity index (χ3n) is 4.45. The van der Waals surface area contributed by atoms with Crippen molar-refractivity contribution in [1.29, 1.82) is 0 Å². The monoisotopic (exact) mass is 542 g/mol. The summed E-state index contributed by atoms with van der Waals surface area (Å²) in [6.45, 7) is 1.87. The second-order valence-electron chi connectivity index (χ2n) is 6.27. The van der Waals surface area contributed by atoms with Crippen molar-refractivity contribution >= 4 is 59.4 Å². The van der Waals surface area contributed by atoms with Gasteiger partial charge in [-0.2, -0.15) is 9.59 Å². The van der Waals surface area contributed by atoms with Crippen LogP contribution in [0.3, 0.4) is 0 Å². The smallest absolute Gasteiger partial charge is 0.182 e. The van der Waals surface area contributed by atoms with Crippen molar-refractivity contribution in [3.63, 3.8) is 0 Å². The lowest BCUT2D eigenvalue weighted by atomic mass is 9.86. The van der Waals surface area contributed by atoms with Crippen LogP contribution in [-0.2, 0) is 13.1 Å². The molecule has 0 aromatic carbocycles. The summed E-state index contributed by atoms with van der Waals surface area (Å²) in [7, 11) is 0. The van der Waals surface area contributed by atoms with Gasteiger partial charge in [-0.3, -0.25) is 0 Å². The Morgan fingerprint density at radius 3 is 1.50 bits per heavy atom. The molecule has 0 amide bonds. The molecular weight excluding hydrogens is 527 g/mol. The highest BCUT2D eigenvalue weighted by Gasteiger charge is 2.20. The lowest BCUT2D eigenvalue weighted by Crippen LogP contribution is -2.19. The Balaban J connectivity index is 0.000000141. The molecule has 132 valence electrons. The molecule has 2 saturated carbocycles. The number of halogens is 4. The first-order valence-electron chi connectivity index (χ1n) is 8.03. The maximum atomic E-state index is 5.73. The van der Waals surface area contributed by atoms with Crippen molar-refractivity contribution in [1.82, 2.24) is 30.0 Å². The summed E-state index contributed by atoms with van der Waals surface area (Å²) in [6, 6.07) is 0. The van der Waals surface area contributed by atoms with Crippen molar-refractivity contribution in [3.8, 4) is 0 Å². The fraction of sp³-hybridized carbons (Fsp3) is 0.714. The van der Waals surface area contributed by atoms with Gasteiger partial charge in [-0.1, -0.05) is 24.4 Å². The SMILES string of the molecule is Brc1nn(CC2CCC2)nc1Br.Clc1nn(CC2CCC2)nc1Br. The zero-order valence-corrected chi connectivity index (χ0v) is 18.5. The molecule has 6 nitrogen and oxygen atoms in total. The Labute approximate surface area is 171 Å². The second kappa shape index (κ2) is 8.60. The number of rotatable bonds is 4. The fourth-order valence-electron chi connectivity index (χ4n) is 2.59. The number of aromatic nitrogens is 6. The van der Waals surface area contributed by atoms with Gasteiger partial charge in [0.15, 0.2) is 19.0 Å². The first-order chi connectivity index (χ1) is 11.5. The molecule has 0 aliphatic heterocycles. The maximum Gasteiger partial charge on any atom is 0.185 e. The lowest BCUT2D eigenvalue weighted by Gasteiger charge is -2.24. The topological polar surface area (TPSA) is 61.4 Å². The molecule has 2 fully saturated rings. The molecule has 0 spiro atoms. The highest BCUT2D eigenvalue weighted by Crippen LogP contribution is 2.29. The van der Waals surface area contributed by atoms with Crippen molar-refractivity contribution in [3.05, 3.63) is 19.0 Å². The Morgan fingerprint density at radius 2 is 1.17 bits per heavy atom. The van der Waals surface area contributed by atoms with Crippen LogP contribution in [-0.4, -0.2) is 30.0 Å². The van der Waals surface area contributed by atoms with Crippen LogP contribution in [0.1, 0.15) is 38.5 Å². The van der Waals surface area contributed by atoms with E-state index in [1.54, 1.807) is 9.59 Å². The molecule has 2 aliphatic rings. The van der Waals surface area contributed by atoms with Gasteiger partial charge in [-0.05, 0) is 85.3 Å². The van der Waals surface area contributed by atoms with Gasteiger partial charge >= 0.3 is 0 Å². The van der Waals surface area contributed by atoms with E-state index in [0.717, 1.165) is 34.1 Å². The molecule has 0 saturated heterocycles. The Hall–Kier alpha value is 0.01000. The van der Waals surface area contributed by atoms with Gasteiger partial charge in [0.25, 0.3) is 0 Å². The average Bonchev–Trinajstić information content (AvgIpc) is 2.93. The molecular formula is C14H18Br3ClN6. The molecule has 24 heavy (non-hydrogen) atoms. The molecule has 2 heterocycles. The summed E-state index contributed by atoms with van der Waals surface area (Å²) < 4.78 is 2.23. The number of hydrogen-bond acceptors (Lipinski definition) is 4. The third-order valence-corrected chi connectivity index (χ3v) is 7.06. The predicted octanol–water partition coefficient (Wildman–Crippen LogP) is 5.10. The second-order valence-corrected chi connectivity index (χ2v) is 8.88. The van der Waals surface area contributed by atoms with E-state index in [9.17, 15) is 0 Å². The summed E-state index contributed by atoms with van der Waals surface area (Å²) in [6.07, 6.45) is 7.98. The summed E-state index contributed by atoms with van der Waals surface area (Å²) in [5, 5.41) is 17.0. The van der Waals surface area contributed by atoms with E-state index in [1.165, 1.54) is 38.5 Å². The molecule has 0 radical (unpaired) electrons. The fourth-order valence-corrected chi connectivity index (χ4v) is 3.50. The van der Waals surface area contributed by atoms with Crippen LogP contribution in [0.25, 0.3) is 0 Å². The molecule has 0 atom stereocenters. The first kappa shape index (κ1) is 18.8. The normalized spacial score (nSPS) is 17.8. The largest absolute Gasteiger partial charge is 0.185 e. The van der Waals surface area contributed by atoms with Crippen LogP contribution < -0.4 is 0 Å². The average molecular weight is 546 g/mol. The summed E-state index contributed by atoms with van der Waals surface area (Å²) in [5.41, 5.74) is 0. The van der Waals surface area contributed by atoms with Crippen molar-refractivity contribution in [2.24, 2.45) is 11.8 Å². The van der Waals surface area contributed by atoms with Gasteiger partial charge in [-0.25, -0.2) is 0 Å². The van der Waals surface area contributed by atoms with Gasteiger partial charge in [0.05, 0.1) is 13.1 Å². The minimum absolute atomic E-state index is 0.453. The van der Waals surface area contributed by atoms with Crippen molar-refractivity contribution < 1.29 is 0 Å². The van der Waals surface area contributed by atoms with Crippen LogP contribution in [0, 0.1) is 11.8 Å². The predicted molar refractivity (Wildman–Crippen MR) is 103 cm³/mol. The third kappa shape index (κ3) is 5.02. The summed E-state index contributed by atoms with van der Waals surface area (Å²) in [4.78, 5) is 3.44. The zero-order chi connectivity index (χ0) is 17.1. The van der Waals surface area contributed by atoms with E-state index >= 15 is 0 Å². The Bertz CT molecular complexity index is 583. The van der Waals surface area contributed by atoms with Gasteiger partial charge in [0, 0.05) is 0 Å². The van der Waals surface area contributed by atoms with Gasteiger partial charge in [-0.15, -0.1) is 20.4 Å². The first-order valence-corrected chi connectivity index (χ1v) is 10.8. The van der Waals surface area contributed by atoms with Gasteiger partial charge in [0.2, 0.25) is 0 Å².